The van der Waals surface area contributed by atoms with Crippen molar-refractivity contribution in [1.82, 2.24) is 14.7 Å². The van der Waals surface area contributed by atoms with Gasteiger partial charge in [-0.25, -0.2) is 0 Å². The Morgan fingerprint density at radius 3 is 2.30 bits per heavy atom. The van der Waals surface area contributed by atoms with Gasteiger partial charge in [-0.2, -0.15) is 0 Å². The third kappa shape index (κ3) is 4.76. The van der Waals surface area contributed by atoms with Crippen molar-refractivity contribution < 1.29 is 9.59 Å². The van der Waals surface area contributed by atoms with Crippen LogP contribution in [0, 0.1) is 5.92 Å². The maximum absolute atomic E-state index is 13.1. The van der Waals surface area contributed by atoms with E-state index in [1.54, 1.807) is 0 Å². The molecule has 2 amide bonds. The number of piperazine rings is 1. The fraction of sp³-hybridized carbons (Fsp3) is 0.500. The average molecular weight is 426 g/mol. The molecule has 2 aromatic rings. The Morgan fingerprint density at radius 1 is 0.933 bits per heavy atom. The highest BCUT2D eigenvalue weighted by Gasteiger charge is 2.29. The smallest absolute Gasteiger partial charge is 0.264 e. The summed E-state index contributed by atoms with van der Waals surface area (Å²) in [6.45, 7) is 8.39. The molecule has 0 bridgehead atoms. The van der Waals surface area contributed by atoms with Gasteiger partial charge in [0.1, 0.15) is 0 Å². The van der Waals surface area contributed by atoms with Crippen molar-refractivity contribution in [2.45, 2.75) is 26.2 Å². The van der Waals surface area contributed by atoms with Gasteiger partial charge < -0.3 is 14.7 Å². The van der Waals surface area contributed by atoms with Crippen molar-refractivity contribution in [1.29, 1.82) is 0 Å². The minimum absolute atomic E-state index is 0.129. The van der Waals surface area contributed by atoms with Gasteiger partial charge in [-0.3, -0.25) is 9.59 Å². The molecule has 1 aromatic carbocycles. The monoisotopic (exact) mass is 425 g/mol. The fourth-order valence-electron chi connectivity index (χ4n) is 4.49. The molecule has 0 atom stereocenters. The van der Waals surface area contributed by atoms with Gasteiger partial charge in [0, 0.05) is 51.3 Å². The van der Waals surface area contributed by atoms with E-state index in [9.17, 15) is 9.59 Å². The average Bonchev–Trinajstić information content (AvgIpc) is 3.30. The molecule has 5 nitrogen and oxygen atoms in total. The van der Waals surface area contributed by atoms with Gasteiger partial charge in [0.25, 0.3) is 5.91 Å². The molecule has 1 aromatic heterocycles. The quantitative estimate of drug-likeness (QED) is 0.731. The lowest BCUT2D eigenvalue weighted by atomic mass is 9.92. The first-order valence-corrected chi connectivity index (χ1v) is 12.0. The zero-order valence-electron chi connectivity index (χ0n) is 17.8. The molecule has 4 rings (SSSR count). The van der Waals surface area contributed by atoms with Crippen LogP contribution in [0.5, 0.6) is 0 Å². The third-order valence-electron chi connectivity index (χ3n) is 6.48. The van der Waals surface area contributed by atoms with E-state index in [-0.39, 0.29) is 5.91 Å². The van der Waals surface area contributed by atoms with E-state index in [0.29, 0.717) is 18.2 Å². The topological polar surface area (TPSA) is 43.9 Å². The zero-order valence-corrected chi connectivity index (χ0v) is 18.6. The van der Waals surface area contributed by atoms with E-state index >= 15 is 0 Å². The molecule has 3 heterocycles. The molecule has 0 radical (unpaired) electrons. The van der Waals surface area contributed by atoms with Gasteiger partial charge >= 0.3 is 0 Å². The number of rotatable bonds is 5. The highest BCUT2D eigenvalue weighted by Crippen LogP contribution is 2.31. The van der Waals surface area contributed by atoms with Crippen LogP contribution in [0.15, 0.2) is 41.8 Å². The Labute approximate surface area is 183 Å². The second-order valence-corrected chi connectivity index (χ2v) is 9.20. The molecule has 160 valence electrons. The SMILES string of the molecule is CCN1CCN(C(=O)CC2CCN(C(=O)c3sccc3-c3ccccc3)CC2)CC1. The first-order chi connectivity index (χ1) is 14.7. The lowest BCUT2D eigenvalue weighted by Gasteiger charge is -2.36. The van der Waals surface area contributed by atoms with Crippen molar-refractivity contribution in [3.8, 4) is 11.1 Å². The molecule has 2 fully saturated rings. The minimum atomic E-state index is 0.129. The summed E-state index contributed by atoms with van der Waals surface area (Å²) in [7, 11) is 0. The second kappa shape index (κ2) is 9.75. The molecule has 6 heteroatoms. The lowest BCUT2D eigenvalue weighted by molar-refractivity contribution is -0.134. The number of benzene rings is 1. The molecule has 2 aliphatic heterocycles. The molecule has 0 aliphatic carbocycles. The first-order valence-electron chi connectivity index (χ1n) is 11.1. The Bertz CT molecular complexity index is 850. The second-order valence-electron chi connectivity index (χ2n) is 8.28. The summed E-state index contributed by atoms with van der Waals surface area (Å²) >= 11 is 1.52. The number of thiophene rings is 1. The van der Waals surface area contributed by atoms with Gasteiger partial charge in [-0.05, 0) is 42.3 Å². The van der Waals surface area contributed by atoms with Gasteiger partial charge in [-0.15, -0.1) is 11.3 Å². The lowest BCUT2D eigenvalue weighted by Crippen LogP contribution is -2.49. The van der Waals surface area contributed by atoms with Crippen LogP contribution in [0.3, 0.4) is 0 Å². The minimum Gasteiger partial charge on any atom is -0.340 e. The van der Waals surface area contributed by atoms with E-state index in [0.717, 1.165) is 74.7 Å². The number of hydrogen-bond donors (Lipinski definition) is 0. The summed E-state index contributed by atoms with van der Waals surface area (Å²) in [5.74, 6) is 0.812. The molecular weight excluding hydrogens is 394 g/mol. The van der Waals surface area contributed by atoms with Crippen LogP contribution in [-0.2, 0) is 4.79 Å². The molecule has 0 unspecified atom stereocenters. The summed E-state index contributed by atoms with van der Waals surface area (Å²) in [5.41, 5.74) is 2.11. The van der Waals surface area contributed by atoms with E-state index in [1.165, 1.54) is 11.3 Å². The highest BCUT2D eigenvalue weighted by atomic mass is 32.1. The van der Waals surface area contributed by atoms with E-state index in [2.05, 4.69) is 24.0 Å². The van der Waals surface area contributed by atoms with E-state index < -0.39 is 0 Å². The van der Waals surface area contributed by atoms with Crippen molar-refractivity contribution in [2.75, 3.05) is 45.8 Å². The first kappa shape index (κ1) is 21.1. The number of likely N-dealkylation sites (tertiary alicyclic amines) is 1. The molecule has 2 saturated heterocycles. The number of nitrogens with zero attached hydrogens (tertiary/aromatic N) is 3. The predicted octanol–water partition coefficient (Wildman–Crippen LogP) is 3.82. The molecule has 0 saturated carbocycles. The zero-order chi connectivity index (χ0) is 20.9. The number of carbonyl (C=O) groups is 2. The summed E-state index contributed by atoms with van der Waals surface area (Å²) in [4.78, 5) is 33.1. The van der Waals surface area contributed by atoms with Crippen molar-refractivity contribution in [3.63, 3.8) is 0 Å². The van der Waals surface area contributed by atoms with Crippen LogP contribution in [0.25, 0.3) is 11.1 Å². The Morgan fingerprint density at radius 2 is 1.63 bits per heavy atom. The molecule has 0 N–H and O–H groups in total. The third-order valence-corrected chi connectivity index (χ3v) is 7.38. The van der Waals surface area contributed by atoms with Gasteiger partial charge in [0.15, 0.2) is 0 Å². The van der Waals surface area contributed by atoms with E-state index in [4.69, 9.17) is 0 Å². The van der Waals surface area contributed by atoms with Crippen molar-refractivity contribution in [2.24, 2.45) is 5.92 Å². The fourth-order valence-corrected chi connectivity index (χ4v) is 5.38. The van der Waals surface area contributed by atoms with Crippen molar-refractivity contribution in [3.05, 3.63) is 46.7 Å². The Hall–Kier alpha value is -2.18. The summed E-state index contributed by atoms with van der Waals surface area (Å²) in [6, 6.07) is 12.1. The highest BCUT2D eigenvalue weighted by molar-refractivity contribution is 7.12. The van der Waals surface area contributed by atoms with Gasteiger partial charge in [0.2, 0.25) is 5.91 Å². The predicted molar refractivity (Wildman–Crippen MR) is 122 cm³/mol. The number of piperidine rings is 1. The van der Waals surface area contributed by atoms with Crippen LogP contribution in [0.2, 0.25) is 0 Å². The molecular formula is C24H31N3O2S. The summed E-state index contributed by atoms with van der Waals surface area (Å²) < 4.78 is 0. The summed E-state index contributed by atoms with van der Waals surface area (Å²) in [6.07, 6.45) is 2.46. The Balaban J connectivity index is 1.29. The normalized spacial score (nSPS) is 18.6. The van der Waals surface area contributed by atoms with Crippen LogP contribution in [-0.4, -0.2) is 72.3 Å². The van der Waals surface area contributed by atoms with Crippen LogP contribution in [0.4, 0.5) is 0 Å². The van der Waals surface area contributed by atoms with Gasteiger partial charge in [-0.1, -0.05) is 37.3 Å². The maximum Gasteiger partial charge on any atom is 0.264 e. The maximum atomic E-state index is 13.1. The number of hydrogen-bond acceptors (Lipinski definition) is 4. The Kier molecular flexibility index (Phi) is 6.85. The number of likely N-dealkylation sites (N-methyl/N-ethyl adjacent to an activating group) is 1. The number of carbonyl (C=O) groups excluding carboxylic acids is 2. The number of amides is 2. The summed E-state index contributed by atoms with van der Waals surface area (Å²) in [5, 5.41) is 2.00. The standard InChI is InChI=1S/C24H31N3O2S/c1-2-25-13-15-26(16-14-25)22(28)18-19-8-11-27(12-9-19)24(29)23-21(10-17-30-23)20-6-4-3-5-7-20/h3-7,10,17,19H,2,8-9,11-16,18H2,1H3. The molecule has 0 spiro atoms. The van der Waals surface area contributed by atoms with Crippen LogP contribution < -0.4 is 0 Å². The van der Waals surface area contributed by atoms with Crippen LogP contribution >= 0.6 is 11.3 Å². The largest absolute Gasteiger partial charge is 0.340 e. The van der Waals surface area contributed by atoms with E-state index in [1.807, 2.05) is 39.4 Å². The molecule has 2 aliphatic rings. The van der Waals surface area contributed by atoms with Gasteiger partial charge in [0.05, 0.1) is 4.88 Å². The van der Waals surface area contributed by atoms with Crippen molar-refractivity contribution >= 4 is 23.2 Å². The molecule has 30 heavy (non-hydrogen) atoms. The van der Waals surface area contributed by atoms with Crippen LogP contribution in [0.1, 0.15) is 35.9 Å².